The van der Waals surface area contributed by atoms with E-state index >= 15 is 0 Å². The molecule has 0 saturated carbocycles. The zero-order chi connectivity index (χ0) is 19.1. The molecular weight excluding hydrogens is 374 g/mol. The van der Waals surface area contributed by atoms with Gasteiger partial charge in [0.2, 0.25) is 0 Å². The Bertz CT molecular complexity index is 1090. The molecule has 0 spiro atoms. The summed E-state index contributed by atoms with van der Waals surface area (Å²) < 4.78 is 34.7. The summed E-state index contributed by atoms with van der Waals surface area (Å²) in [6.45, 7) is 2.89. The first-order chi connectivity index (χ1) is 13.0. The average molecular weight is 391 g/mol. The van der Waals surface area contributed by atoms with Crippen LogP contribution in [-0.2, 0) is 4.74 Å². The molecule has 1 aromatic carbocycles. The van der Waals surface area contributed by atoms with Gasteiger partial charge in [0.15, 0.2) is 0 Å². The number of rotatable bonds is 2. The fourth-order valence-electron chi connectivity index (χ4n) is 3.51. The molecule has 3 heterocycles. The predicted octanol–water partition coefficient (Wildman–Crippen LogP) is 4.50. The van der Waals surface area contributed by atoms with Gasteiger partial charge in [-0.2, -0.15) is 0 Å². The van der Waals surface area contributed by atoms with Crippen molar-refractivity contribution >= 4 is 17.2 Å². The van der Waals surface area contributed by atoms with E-state index in [1.807, 2.05) is 6.07 Å². The number of hydrogen-bond donors (Lipinski definition) is 0. The first kappa shape index (κ1) is 18.1. The van der Waals surface area contributed by atoms with Gasteiger partial charge in [0, 0.05) is 36.6 Å². The van der Waals surface area contributed by atoms with Crippen LogP contribution in [0.2, 0.25) is 5.02 Å². The standard InChI is InChI=1S/C20H17ClF2N2O2/c1-11-18(21)20(26)25-10-13(12-4-6-27-7-5-12)8-16(19(25)24-11)15-3-2-14(22)9-17(15)23/h2-3,8-10,12H,4-7H2,1H3. The molecule has 0 radical (unpaired) electrons. The van der Waals surface area contributed by atoms with Crippen LogP contribution in [0.4, 0.5) is 8.78 Å². The van der Waals surface area contributed by atoms with E-state index in [1.165, 1.54) is 16.5 Å². The minimum atomic E-state index is -0.706. The zero-order valence-electron chi connectivity index (χ0n) is 14.6. The van der Waals surface area contributed by atoms with E-state index < -0.39 is 17.2 Å². The molecule has 1 fully saturated rings. The molecule has 0 unspecified atom stereocenters. The lowest BCUT2D eigenvalue weighted by molar-refractivity contribution is 0.0852. The topological polar surface area (TPSA) is 43.6 Å². The van der Waals surface area contributed by atoms with Crippen LogP contribution in [0.3, 0.4) is 0 Å². The molecule has 0 bridgehead atoms. The largest absolute Gasteiger partial charge is 0.381 e. The molecule has 1 aliphatic rings. The highest BCUT2D eigenvalue weighted by atomic mass is 35.5. The van der Waals surface area contributed by atoms with Gasteiger partial charge >= 0.3 is 0 Å². The molecule has 140 valence electrons. The molecule has 1 saturated heterocycles. The first-order valence-electron chi connectivity index (χ1n) is 8.71. The van der Waals surface area contributed by atoms with E-state index in [0.717, 1.165) is 24.5 Å². The van der Waals surface area contributed by atoms with E-state index in [-0.39, 0.29) is 16.5 Å². The summed E-state index contributed by atoms with van der Waals surface area (Å²) in [4.78, 5) is 17.1. The number of ether oxygens (including phenoxy) is 1. The summed E-state index contributed by atoms with van der Waals surface area (Å²) >= 11 is 6.11. The molecule has 4 rings (SSSR count). The molecule has 27 heavy (non-hydrogen) atoms. The quantitative estimate of drug-likeness (QED) is 0.647. The lowest BCUT2D eigenvalue weighted by Gasteiger charge is -2.23. The van der Waals surface area contributed by atoms with E-state index in [0.29, 0.717) is 30.1 Å². The maximum atomic E-state index is 14.5. The lowest BCUT2D eigenvalue weighted by atomic mass is 9.91. The summed E-state index contributed by atoms with van der Waals surface area (Å²) in [6, 6.07) is 5.22. The highest BCUT2D eigenvalue weighted by Crippen LogP contribution is 2.33. The summed E-state index contributed by atoms with van der Waals surface area (Å²) in [6.07, 6.45) is 3.33. The third kappa shape index (κ3) is 3.24. The average Bonchev–Trinajstić information content (AvgIpc) is 2.67. The number of aryl methyl sites for hydroxylation is 1. The van der Waals surface area contributed by atoms with E-state index in [1.54, 1.807) is 13.1 Å². The Morgan fingerprint density at radius 1 is 1.19 bits per heavy atom. The fourth-order valence-corrected chi connectivity index (χ4v) is 3.64. The van der Waals surface area contributed by atoms with Crippen LogP contribution >= 0.6 is 11.6 Å². The number of aromatic nitrogens is 2. The van der Waals surface area contributed by atoms with Crippen molar-refractivity contribution in [1.82, 2.24) is 9.38 Å². The lowest BCUT2D eigenvalue weighted by Crippen LogP contribution is -2.20. The van der Waals surface area contributed by atoms with Crippen molar-refractivity contribution in [3.63, 3.8) is 0 Å². The Hall–Kier alpha value is -2.31. The summed E-state index contributed by atoms with van der Waals surface area (Å²) in [5.41, 5.74) is 1.77. The van der Waals surface area contributed by atoms with Gasteiger partial charge in [-0.3, -0.25) is 9.20 Å². The Labute approximate surface area is 159 Å². The van der Waals surface area contributed by atoms with Crippen molar-refractivity contribution in [3.05, 3.63) is 68.7 Å². The summed E-state index contributed by atoms with van der Waals surface area (Å²) in [5, 5.41) is 0.0298. The molecule has 3 aromatic rings. The van der Waals surface area contributed by atoms with Crippen LogP contribution in [0.5, 0.6) is 0 Å². The highest BCUT2D eigenvalue weighted by Gasteiger charge is 2.21. The van der Waals surface area contributed by atoms with Crippen molar-refractivity contribution in [2.45, 2.75) is 25.7 Å². The van der Waals surface area contributed by atoms with Crippen LogP contribution in [0.1, 0.15) is 30.0 Å². The Balaban J connectivity index is 2.04. The van der Waals surface area contributed by atoms with Gasteiger partial charge in [-0.25, -0.2) is 13.8 Å². The monoisotopic (exact) mass is 390 g/mol. The van der Waals surface area contributed by atoms with Gasteiger partial charge in [-0.05, 0) is 49.4 Å². The van der Waals surface area contributed by atoms with Crippen molar-refractivity contribution in [1.29, 1.82) is 0 Å². The third-order valence-corrected chi connectivity index (χ3v) is 5.41. The van der Waals surface area contributed by atoms with Gasteiger partial charge in [-0.1, -0.05) is 11.6 Å². The van der Waals surface area contributed by atoms with Gasteiger partial charge in [0.25, 0.3) is 5.56 Å². The van der Waals surface area contributed by atoms with Gasteiger partial charge < -0.3 is 4.74 Å². The van der Waals surface area contributed by atoms with Gasteiger partial charge in [-0.15, -0.1) is 0 Å². The Morgan fingerprint density at radius 2 is 1.93 bits per heavy atom. The predicted molar refractivity (Wildman–Crippen MR) is 99.4 cm³/mol. The SMILES string of the molecule is Cc1nc2c(-c3ccc(F)cc3F)cc(C3CCOCC3)cn2c(=O)c1Cl. The van der Waals surface area contributed by atoms with Crippen molar-refractivity contribution < 1.29 is 13.5 Å². The molecule has 0 aliphatic carbocycles. The van der Waals surface area contributed by atoms with E-state index in [9.17, 15) is 13.6 Å². The number of benzene rings is 1. The minimum Gasteiger partial charge on any atom is -0.381 e. The second-order valence-corrected chi connectivity index (χ2v) is 7.09. The van der Waals surface area contributed by atoms with Gasteiger partial charge in [0.1, 0.15) is 22.3 Å². The van der Waals surface area contributed by atoms with E-state index in [2.05, 4.69) is 4.98 Å². The van der Waals surface area contributed by atoms with Crippen LogP contribution < -0.4 is 5.56 Å². The molecule has 7 heteroatoms. The minimum absolute atomic E-state index is 0.0298. The normalized spacial score (nSPS) is 15.4. The van der Waals surface area contributed by atoms with Crippen LogP contribution in [0.15, 0.2) is 35.3 Å². The smallest absolute Gasteiger partial charge is 0.276 e. The maximum absolute atomic E-state index is 14.5. The Kier molecular flexibility index (Phi) is 4.70. The number of fused-ring (bicyclic) bond motifs is 1. The van der Waals surface area contributed by atoms with Crippen LogP contribution in [0.25, 0.3) is 16.8 Å². The van der Waals surface area contributed by atoms with Crippen LogP contribution in [-0.4, -0.2) is 22.6 Å². The highest BCUT2D eigenvalue weighted by molar-refractivity contribution is 6.31. The summed E-state index contributed by atoms with van der Waals surface area (Å²) in [5.74, 6) is -1.19. The molecular formula is C20H17ClF2N2O2. The number of hydrogen-bond acceptors (Lipinski definition) is 3. The van der Waals surface area contributed by atoms with Crippen molar-refractivity contribution in [2.75, 3.05) is 13.2 Å². The second-order valence-electron chi connectivity index (χ2n) is 6.71. The second kappa shape index (κ2) is 7.02. The molecule has 0 N–H and O–H groups in total. The first-order valence-corrected chi connectivity index (χ1v) is 9.09. The van der Waals surface area contributed by atoms with Gasteiger partial charge in [0.05, 0.1) is 5.69 Å². The molecule has 4 nitrogen and oxygen atoms in total. The van der Waals surface area contributed by atoms with Crippen molar-refractivity contribution in [3.8, 4) is 11.1 Å². The molecule has 0 amide bonds. The fraction of sp³-hybridized carbons (Fsp3) is 0.300. The Morgan fingerprint density at radius 3 is 2.63 bits per heavy atom. The zero-order valence-corrected chi connectivity index (χ0v) is 15.4. The summed E-state index contributed by atoms with van der Waals surface area (Å²) in [7, 11) is 0. The molecule has 0 atom stereocenters. The molecule has 1 aliphatic heterocycles. The molecule has 2 aromatic heterocycles. The number of halogens is 3. The van der Waals surface area contributed by atoms with Crippen molar-refractivity contribution in [2.24, 2.45) is 0 Å². The van der Waals surface area contributed by atoms with E-state index in [4.69, 9.17) is 16.3 Å². The maximum Gasteiger partial charge on any atom is 0.276 e. The number of nitrogens with zero attached hydrogens (tertiary/aromatic N) is 2. The van der Waals surface area contributed by atoms with Crippen LogP contribution in [0, 0.1) is 18.6 Å². The number of pyridine rings is 1. The third-order valence-electron chi connectivity index (χ3n) is 4.97.